The first-order valence-corrected chi connectivity index (χ1v) is 10.7. The standard InChI is InChI=1S/C22H36O6/c1-13(23)25-16-10-14(11-17-22(16,7)28-17)19(2,3)24-12-18-21(6,27-18)9-8-15-20(4,5)26-15/h14-18H,8-12H2,1-7H3. The van der Waals surface area contributed by atoms with Crippen molar-refractivity contribution >= 4 is 5.97 Å². The molecule has 0 bridgehead atoms. The third-order valence-electron chi connectivity index (χ3n) is 7.62. The SMILES string of the molecule is CC(=O)OC1CC(C(C)(C)OCC2OC2(C)CCC2OC2(C)C)CC2OC12C. The molecule has 0 amide bonds. The van der Waals surface area contributed by atoms with Gasteiger partial charge in [0.2, 0.25) is 0 Å². The number of carbonyl (C=O) groups excluding carboxylic acids is 1. The Kier molecular flexibility index (Phi) is 4.70. The number of esters is 1. The maximum absolute atomic E-state index is 11.5. The topological polar surface area (TPSA) is 73.1 Å². The summed E-state index contributed by atoms with van der Waals surface area (Å²) in [5.41, 5.74) is -0.684. The van der Waals surface area contributed by atoms with Gasteiger partial charge in [0.05, 0.1) is 35.6 Å². The van der Waals surface area contributed by atoms with Crippen LogP contribution in [0.2, 0.25) is 0 Å². The van der Waals surface area contributed by atoms with Crippen LogP contribution in [-0.2, 0) is 28.5 Å². The first-order chi connectivity index (χ1) is 12.9. The van der Waals surface area contributed by atoms with Crippen LogP contribution in [0.15, 0.2) is 0 Å². The summed E-state index contributed by atoms with van der Waals surface area (Å²) in [4.78, 5) is 11.5. The van der Waals surface area contributed by atoms with E-state index in [9.17, 15) is 4.79 Å². The molecule has 3 heterocycles. The molecule has 0 radical (unpaired) electrons. The van der Waals surface area contributed by atoms with E-state index < -0.39 is 0 Å². The van der Waals surface area contributed by atoms with Crippen LogP contribution < -0.4 is 0 Å². The second kappa shape index (κ2) is 6.40. The average Bonchev–Trinajstić information content (AvgIpc) is 3.49. The number of rotatable bonds is 8. The zero-order valence-electron chi connectivity index (χ0n) is 18.4. The van der Waals surface area contributed by atoms with Crippen molar-refractivity contribution in [3.05, 3.63) is 0 Å². The third-order valence-corrected chi connectivity index (χ3v) is 7.62. The number of carbonyl (C=O) groups is 1. The molecule has 7 unspecified atom stereocenters. The van der Waals surface area contributed by atoms with E-state index in [-0.39, 0.29) is 52.6 Å². The molecule has 160 valence electrons. The molecule has 1 saturated carbocycles. The Morgan fingerprint density at radius 2 is 1.75 bits per heavy atom. The molecule has 4 fully saturated rings. The largest absolute Gasteiger partial charge is 0.459 e. The van der Waals surface area contributed by atoms with Crippen molar-refractivity contribution in [3.8, 4) is 0 Å². The van der Waals surface area contributed by atoms with Crippen LogP contribution in [0.5, 0.6) is 0 Å². The molecule has 28 heavy (non-hydrogen) atoms. The molecule has 0 aromatic heterocycles. The van der Waals surface area contributed by atoms with E-state index in [1.54, 1.807) is 0 Å². The molecule has 6 nitrogen and oxygen atoms in total. The van der Waals surface area contributed by atoms with Gasteiger partial charge in [-0.2, -0.15) is 0 Å². The van der Waals surface area contributed by atoms with Crippen molar-refractivity contribution < 1.29 is 28.5 Å². The Labute approximate surface area is 168 Å². The Hall–Kier alpha value is -0.690. The molecule has 3 saturated heterocycles. The quantitative estimate of drug-likeness (QED) is 0.462. The number of ether oxygens (including phenoxy) is 5. The normalized spacial score (nSPS) is 45.9. The average molecular weight is 397 g/mol. The fourth-order valence-electron chi connectivity index (χ4n) is 4.90. The molecule has 0 N–H and O–H groups in total. The maximum atomic E-state index is 11.5. The second-order valence-corrected chi connectivity index (χ2v) is 10.6. The van der Waals surface area contributed by atoms with Gasteiger partial charge in [-0.15, -0.1) is 0 Å². The van der Waals surface area contributed by atoms with Gasteiger partial charge in [0.1, 0.15) is 17.8 Å². The van der Waals surface area contributed by atoms with Crippen LogP contribution in [0.1, 0.15) is 74.1 Å². The minimum absolute atomic E-state index is 0.0398. The highest BCUT2D eigenvalue weighted by Crippen LogP contribution is 2.53. The van der Waals surface area contributed by atoms with Gasteiger partial charge in [0.25, 0.3) is 0 Å². The van der Waals surface area contributed by atoms with E-state index in [1.807, 2.05) is 6.92 Å². The van der Waals surface area contributed by atoms with Crippen molar-refractivity contribution in [3.63, 3.8) is 0 Å². The van der Waals surface area contributed by atoms with Crippen LogP contribution in [0.25, 0.3) is 0 Å². The lowest BCUT2D eigenvalue weighted by Gasteiger charge is -2.39. The van der Waals surface area contributed by atoms with E-state index in [0.717, 1.165) is 25.7 Å². The van der Waals surface area contributed by atoms with Crippen LogP contribution >= 0.6 is 0 Å². The smallest absolute Gasteiger partial charge is 0.303 e. The highest BCUT2D eigenvalue weighted by atomic mass is 16.7. The molecular formula is C22H36O6. The van der Waals surface area contributed by atoms with E-state index in [2.05, 4.69) is 34.6 Å². The summed E-state index contributed by atoms with van der Waals surface area (Å²) < 4.78 is 29.5. The predicted molar refractivity (Wildman–Crippen MR) is 103 cm³/mol. The zero-order valence-corrected chi connectivity index (χ0v) is 18.4. The van der Waals surface area contributed by atoms with Gasteiger partial charge in [-0.1, -0.05) is 0 Å². The highest BCUT2D eigenvalue weighted by Gasteiger charge is 2.64. The van der Waals surface area contributed by atoms with Gasteiger partial charge in [0.15, 0.2) is 0 Å². The molecule has 0 aromatic rings. The van der Waals surface area contributed by atoms with Crippen molar-refractivity contribution in [2.45, 2.75) is 121 Å². The fourth-order valence-corrected chi connectivity index (χ4v) is 4.90. The molecule has 3 aliphatic heterocycles. The lowest BCUT2D eigenvalue weighted by Crippen LogP contribution is -2.47. The third kappa shape index (κ3) is 3.85. The molecule has 7 atom stereocenters. The van der Waals surface area contributed by atoms with Crippen LogP contribution in [0, 0.1) is 5.92 Å². The summed E-state index contributed by atoms with van der Waals surface area (Å²) in [5.74, 6) is 0.0351. The maximum Gasteiger partial charge on any atom is 0.303 e. The lowest BCUT2D eigenvalue weighted by atomic mass is 9.73. The van der Waals surface area contributed by atoms with E-state index >= 15 is 0 Å². The van der Waals surface area contributed by atoms with Gasteiger partial charge < -0.3 is 23.7 Å². The van der Waals surface area contributed by atoms with E-state index in [1.165, 1.54) is 6.92 Å². The monoisotopic (exact) mass is 396 g/mol. The molecule has 6 heteroatoms. The minimum atomic E-state index is -0.319. The van der Waals surface area contributed by atoms with Gasteiger partial charge in [0, 0.05) is 6.92 Å². The van der Waals surface area contributed by atoms with Gasteiger partial charge >= 0.3 is 5.97 Å². The fraction of sp³-hybridized carbons (Fsp3) is 0.955. The van der Waals surface area contributed by atoms with Gasteiger partial charge in [-0.05, 0) is 73.1 Å². The van der Waals surface area contributed by atoms with E-state index in [4.69, 9.17) is 23.7 Å². The Balaban J connectivity index is 1.26. The summed E-state index contributed by atoms with van der Waals surface area (Å²) in [7, 11) is 0. The molecule has 4 aliphatic rings. The Morgan fingerprint density at radius 3 is 2.36 bits per heavy atom. The Morgan fingerprint density at radius 1 is 1.07 bits per heavy atom. The van der Waals surface area contributed by atoms with Crippen molar-refractivity contribution in [1.29, 1.82) is 0 Å². The summed E-state index contributed by atoms with van der Waals surface area (Å²) in [6.07, 6.45) is 4.22. The van der Waals surface area contributed by atoms with Crippen LogP contribution in [0.3, 0.4) is 0 Å². The highest BCUT2D eigenvalue weighted by molar-refractivity contribution is 5.66. The Bertz CT molecular complexity index is 645. The number of hydrogen-bond donors (Lipinski definition) is 0. The van der Waals surface area contributed by atoms with Gasteiger partial charge in [-0.25, -0.2) is 0 Å². The number of fused-ring (bicyclic) bond motifs is 1. The summed E-state index contributed by atoms with van der Waals surface area (Å²) in [6.45, 7) is 14.8. The summed E-state index contributed by atoms with van der Waals surface area (Å²) in [5, 5.41) is 0. The van der Waals surface area contributed by atoms with Crippen molar-refractivity contribution in [2.75, 3.05) is 6.61 Å². The molecule has 0 spiro atoms. The molecular weight excluding hydrogens is 360 g/mol. The van der Waals surface area contributed by atoms with Crippen molar-refractivity contribution in [2.24, 2.45) is 5.92 Å². The van der Waals surface area contributed by atoms with E-state index in [0.29, 0.717) is 12.7 Å². The molecule has 1 aliphatic carbocycles. The first kappa shape index (κ1) is 20.6. The van der Waals surface area contributed by atoms with Gasteiger partial charge in [-0.3, -0.25) is 4.79 Å². The lowest BCUT2D eigenvalue weighted by molar-refractivity contribution is -0.154. The predicted octanol–water partition coefficient (Wildman–Crippen LogP) is 3.40. The minimum Gasteiger partial charge on any atom is -0.459 e. The van der Waals surface area contributed by atoms with Crippen LogP contribution in [0.4, 0.5) is 0 Å². The molecule has 4 rings (SSSR count). The number of epoxide rings is 3. The van der Waals surface area contributed by atoms with Crippen molar-refractivity contribution in [1.82, 2.24) is 0 Å². The number of hydrogen-bond acceptors (Lipinski definition) is 6. The summed E-state index contributed by atoms with van der Waals surface area (Å²) in [6, 6.07) is 0. The first-order valence-electron chi connectivity index (χ1n) is 10.7. The second-order valence-electron chi connectivity index (χ2n) is 10.6. The van der Waals surface area contributed by atoms with Crippen LogP contribution in [-0.4, -0.2) is 59.4 Å². The molecule has 0 aromatic carbocycles. The summed E-state index contributed by atoms with van der Waals surface area (Å²) >= 11 is 0. The zero-order chi connectivity index (χ0) is 20.5.